The van der Waals surface area contributed by atoms with Crippen LogP contribution in [0.15, 0.2) is 27.6 Å². The van der Waals surface area contributed by atoms with E-state index in [2.05, 4.69) is 21.9 Å². The minimum Gasteiger partial charge on any atom is -0.398 e. The van der Waals surface area contributed by atoms with Crippen LogP contribution in [0.1, 0.15) is 13.3 Å². The molecule has 0 aliphatic heterocycles. The van der Waals surface area contributed by atoms with E-state index < -0.39 is 10.0 Å². The van der Waals surface area contributed by atoms with Crippen molar-refractivity contribution in [2.24, 2.45) is 0 Å². The van der Waals surface area contributed by atoms with Crippen molar-refractivity contribution in [3.05, 3.63) is 22.7 Å². The molecule has 0 spiro atoms. The van der Waals surface area contributed by atoms with Crippen LogP contribution in [0.5, 0.6) is 0 Å². The molecule has 0 heterocycles. The lowest BCUT2D eigenvalue weighted by molar-refractivity contribution is 0.446. The van der Waals surface area contributed by atoms with Gasteiger partial charge in [0.25, 0.3) is 0 Å². The van der Waals surface area contributed by atoms with E-state index in [4.69, 9.17) is 12.2 Å². The Bertz CT molecular complexity index is 564. The number of nitrogens with two attached hydrogens (primary N) is 1. The molecular weight excluding hydrogens is 316 g/mol. The van der Waals surface area contributed by atoms with E-state index >= 15 is 0 Å². The van der Waals surface area contributed by atoms with Crippen molar-refractivity contribution in [2.75, 3.05) is 18.8 Å². The quantitative estimate of drug-likeness (QED) is 0.664. The Labute approximate surface area is 116 Å². The summed E-state index contributed by atoms with van der Waals surface area (Å²) in [5, 5.41) is 0. The number of anilines is 1. The summed E-state index contributed by atoms with van der Waals surface area (Å²) in [7, 11) is -3.63. The number of rotatable bonds is 5. The summed E-state index contributed by atoms with van der Waals surface area (Å²) in [6.45, 7) is 2.32. The fourth-order valence-electron chi connectivity index (χ4n) is 1.53. The summed E-state index contributed by atoms with van der Waals surface area (Å²) in [4.78, 5) is 0.0920. The minimum absolute atomic E-state index is 0.0473. The molecule has 98 valence electrons. The average Bonchev–Trinajstić information content (AvgIpc) is 2.28. The van der Waals surface area contributed by atoms with E-state index in [1.807, 2.05) is 6.92 Å². The van der Waals surface area contributed by atoms with E-state index in [1.54, 1.807) is 12.1 Å². The van der Waals surface area contributed by atoms with Crippen LogP contribution in [0.25, 0.3) is 0 Å². The SMILES string of the molecule is C#CCN(CCC)S(=O)(=O)c1ccc(Br)cc1N. The maximum Gasteiger partial charge on any atom is 0.245 e. The smallest absolute Gasteiger partial charge is 0.245 e. The zero-order chi connectivity index (χ0) is 13.8. The second kappa shape index (κ2) is 6.23. The van der Waals surface area contributed by atoms with Crippen LogP contribution in [0.4, 0.5) is 5.69 Å². The van der Waals surface area contributed by atoms with Crippen LogP contribution in [0.3, 0.4) is 0 Å². The van der Waals surface area contributed by atoms with Gasteiger partial charge in [-0.1, -0.05) is 28.8 Å². The predicted molar refractivity (Wildman–Crippen MR) is 76.4 cm³/mol. The molecule has 1 aromatic carbocycles. The highest BCUT2D eigenvalue weighted by Crippen LogP contribution is 2.25. The predicted octanol–water partition coefficient (Wildman–Crippen LogP) is 2.07. The van der Waals surface area contributed by atoms with Crippen LogP contribution < -0.4 is 5.73 Å². The molecule has 2 N–H and O–H groups in total. The lowest BCUT2D eigenvalue weighted by atomic mass is 10.3. The number of hydrogen-bond donors (Lipinski definition) is 1. The summed E-state index contributed by atoms with van der Waals surface area (Å²) in [6.07, 6.45) is 5.89. The first-order chi connectivity index (χ1) is 8.43. The molecular formula is C12H15BrN2O2S. The van der Waals surface area contributed by atoms with Crippen molar-refractivity contribution >= 4 is 31.6 Å². The van der Waals surface area contributed by atoms with Crippen LogP contribution in [0, 0.1) is 12.3 Å². The van der Waals surface area contributed by atoms with Gasteiger partial charge in [-0.2, -0.15) is 4.31 Å². The first-order valence-electron chi connectivity index (χ1n) is 5.42. The molecule has 0 radical (unpaired) electrons. The van der Waals surface area contributed by atoms with Crippen LogP contribution >= 0.6 is 15.9 Å². The van der Waals surface area contributed by atoms with Crippen LogP contribution in [0.2, 0.25) is 0 Å². The van der Waals surface area contributed by atoms with Crippen LogP contribution in [-0.4, -0.2) is 25.8 Å². The first kappa shape index (κ1) is 15.0. The molecule has 0 fully saturated rings. The molecule has 1 rings (SSSR count). The maximum absolute atomic E-state index is 12.4. The Kier molecular flexibility index (Phi) is 5.20. The Balaban J connectivity index is 3.22. The van der Waals surface area contributed by atoms with E-state index in [1.165, 1.54) is 10.4 Å². The molecule has 0 aromatic heterocycles. The molecule has 0 amide bonds. The van der Waals surface area contributed by atoms with Gasteiger partial charge in [0.2, 0.25) is 10.0 Å². The zero-order valence-electron chi connectivity index (χ0n) is 10.1. The lowest BCUT2D eigenvalue weighted by Crippen LogP contribution is -2.32. The Morgan fingerprint density at radius 1 is 1.50 bits per heavy atom. The summed E-state index contributed by atoms with van der Waals surface area (Å²) >= 11 is 3.24. The highest BCUT2D eigenvalue weighted by atomic mass is 79.9. The van der Waals surface area contributed by atoms with E-state index in [0.29, 0.717) is 13.0 Å². The fourth-order valence-corrected chi connectivity index (χ4v) is 3.45. The largest absolute Gasteiger partial charge is 0.398 e. The van der Waals surface area contributed by atoms with Gasteiger partial charge in [0.1, 0.15) is 4.90 Å². The molecule has 0 unspecified atom stereocenters. The summed E-state index contributed by atoms with van der Waals surface area (Å²) < 4.78 is 26.7. The molecule has 18 heavy (non-hydrogen) atoms. The molecule has 0 bridgehead atoms. The maximum atomic E-state index is 12.4. The Hall–Kier alpha value is -1.03. The summed E-state index contributed by atoms with van der Waals surface area (Å²) in [6, 6.07) is 4.68. The summed E-state index contributed by atoms with van der Waals surface area (Å²) in [5.74, 6) is 2.36. The van der Waals surface area contributed by atoms with Gasteiger partial charge in [-0.3, -0.25) is 0 Å². The van der Waals surface area contributed by atoms with Crippen molar-refractivity contribution in [2.45, 2.75) is 18.2 Å². The summed E-state index contributed by atoms with van der Waals surface area (Å²) in [5.41, 5.74) is 5.96. The minimum atomic E-state index is -3.63. The number of hydrogen-bond acceptors (Lipinski definition) is 3. The third-order valence-electron chi connectivity index (χ3n) is 2.33. The van der Waals surface area contributed by atoms with Crippen molar-refractivity contribution < 1.29 is 8.42 Å². The number of sulfonamides is 1. The topological polar surface area (TPSA) is 63.4 Å². The highest BCUT2D eigenvalue weighted by molar-refractivity contribution is 9.10. The molecule has 6 heteroatoms. The number of nitrogen functional groups attached to an aromatic ring is 1. The van der Waals surface area contributed by atoms with Crippen molar-refractivity contribution in [1.82, 2.24) is 4.31 Å². The normalized spacial score (nSPS) is 11.4. The van der Waals surface area contributed by atoms with Gasteiger partial charge in [0.05, 0.1) is 12.2 Å². The Morgan fingerprint density at radius 2 is 2.17 bits per heavy atom. The highest BCUT2D eigenvalue weighted by Gasteiger charge is 2.25. The van der Waals surface area contributed by atoms with E-state index in [0.717, 1.165) is 4.47 Å². The Morgan fingerprint density at radius 3 is 2.67 bits per heavy atom. The van der Waals surface area contributed by atoms with Crippen molar-refractivity contribution in [3.63, 3.8) is 0 Å². The van der Waals surface area contributed by atoms with Gasteiger partial charge in [-0.15, -0.1) is 6.42 Å². The third-order valence-corrected chi connectivity index (χ3v) is 4.74. The van der Waals surface area contributed by atoms with Gasteiger partial charge in [0.15, 0.2) is 0 Å². The van der Waals surface area contributed by atoms with Crippen LogP contribution in [-0.2, 0) is 10.0 Å². The van der Waals surface area contributed by atoms with Gasteiger partial charge in [-0.25, -0.2) is 8.42 Å². The van der Waals surface area contributed by atoms with Crippen molar-refractivity contribution in [3.8, 4) is 12.3 Å². The second-order valence-corrected chi connectivity index (χ2v) is 6.55. The standard InChI is InChI=1S/C12H15BrN2O2S/c1-3-7-15(8-4-2)18(16,17)12-6-5-10(13)9-11(12)14/h1,5-6,9H,4,7-8,14H2,2H3. The fraction of sp³-hybridized carbons (Fsp3) is 0.333. The molecule has 0 atom stereocenters. The van der Waals surface area contributed by atoms with E-state index in [-0.39, 0.29) is 17.1 Å². The average molecular weight is 331 g/mol. The molecule has 1 aromatic rings. The van der Waals surface area contributed by atoms with Gasteiger partial charge in [-0.05, 0) is 24.6 Å². The second-order valence-electron chi connectivity index (χ2n) is 3.72. The third kappa shape index (κ3) is 3.25. The number of terminal acetylenes is 1. The molecule has 0 saturated heterocycles. The molecule has 0 aliphatic carbocycles. The number of benzene rings is 1. The van der Waals surface area contributed by atoms with Gasteiger partial charge < -0.3 is 5.73 Å². The monoisotopic (exact) mass is 330 g/mol. The van der Waals surface area contributed by atoms with E-state index in [9.17, 15) is 8.42 Å². The molecule has 0 saturated carbocycles. The molecule has 0 aliphatic rings. The molecule has 4 nitrogen and oxygen atoms in total. The zero-order valence-corrected chi connectivity index (χ0v) is 12.5. The van der Waals surface area contributed by atoms with Gasteiger partial charge in [0, 0.05) is 11.0 Å². The number of nitrogens with zero attached hydrogens (tertiary/aromatic N) is 1. The number of halogens is 1. The van der Waals surface area contributed by atoms with Crippen molar-refractivity contribution in [1.29, 1.82) is 0 Å². The lowest BCUT2D eigenvalue weighted by Gasteiger charge is -2.20. The van der Waals surface area contributed by atoms with Gasteiger partial charge >= 0.3 is 0 Å². The first-order valence-corrected chi connectivity index (χ1v) is 7.65.